The van der Waals surface area contributed by atoms with E-state index in [4.69, 9.17) is 0 Å². The summed E-state index contributed by atoms with van der Waals surface area (Å²) in [7, 11) is 0. The minimum atomic E-state index is 0.994. The van der Waals surface area contributed by atoms with Gasteiger partial charge in [0.05, 0.1) is 0 Å². The van der Waals surface area contributed by atoms with Gasteiger partial charge in [0.25, 0.3) is 0 Å². The monoisotopic (exact) mass is 270 g/mol. The third-order valence-electron chi connectivity index (χ3n) is 4.49. The quantitative estimate of drug-likeness (QED) is 0.623. The van der Waals surface area contributed by atoms with E-state index in [1.165, 1.54) is 62.9 Å². The van der Waals surface area contributed by atoms with E-state index < -0.39 is 0 Å². The second-order valence-corrected chi connectivity index (χ2v) is 6.04. The first-order valence-corrected chi connectivity index (χ1v) is 8.14. The topological polar surface area (TPSA) is 15.3 Å². The summed E-state index contributed by atoms with van der Waals surface area (Å²) in [5.41, 5.74) is 4.44. The van der Waals surface area contributed by atoms with Crippen molar-refractivity contribution in [1.82, 2.24) is 5.32 Å². The lowest BCUT2D eigenvalue weighted by Crippen LogP contribution is -2.18. The summed E-state index contributed by atoms with van der Waals surface area (Å²) in [5, 5.41) is 3.56. The summed E-state index contributed by atoms with van der Waals surface area (Å²) >= 11 is 0. The summed E-state index contributed by atoms with van der Waals surface area (Å²) in [6.45, 7) is 4.56. The number of nitrogens with one attached hydrogen (secondary N) is 1. The predicted molar refractivity (Wildman–Crippen MR) is 86.1 cm³/mol. The van der Waals surface area contributed by atoms with Crippen molar-refractivity contribution in [2.24, 2.45) is 0 Å². The zero-order chi connectivity index (χ0) is 13.6. The van der Waals surface area contributed by atoms with Crippen LogP contribution in [0.3, 0.4) is 0 Å². The Bertz CT molecular complexity index is 441. The van der Waals surface area contributed by atoms with Crippen LogP contribution < -0.4 is 10.2 Å². The maximum atomic E-state index is 3.56. The zero-order valence-electron chi connectivity index (χ0n) is 12.4. The average Bonchev–Trinajstić information content (AvgIpc) is 3.17. The van der Waals surface area contributed by atoms with Gasteiger partial charge in [-0.3, -0.25) is 0 Å². The molecule has 2 aliphatic rings. The van der Waals surface area contributed by atoms with Crippen molar-refractivity contribution in [3.63, 3.8) is 0 Å². The highest BCUT2D eigenvalue weighted by atomic mass is 15.1. The molecule has 0 unspecified atom stereocenters. The molecule has 1 saturated heterocycles. The Balaban J connectivity index is 1.41. The molecule has 1 aromatic carbocycles. The lowest BCUT2D eigenvalue weighted by atomic mass is 10.1. The maximum Gasteiger partial charge on any atom is 0.0366 e. The van der Waals surface area contributed by atoms with Crippen LogP contribution in [-0.2, 0) is 6.54 Å². The zero-order valence-corrected chi connectivity index (χ0v) is 12.4. The van der Waals surface area contributed by atoms with Crippen molar-refractivity contribution in [1.29, 1.82) is 0 Å². The molecule has 0 atom stereocenters. The highest BCUT2D eigenvalue weighted by Crippen LogP contribution is 2.21. The number of nitrogens with zero attached hydrogens (tertiary/aromatic N) is 1. The molecule has 1 N–H and O–H groups in total. The van der Waals surface area contributed by atoms with E-state index in [1.807, 2.05) is 0 Å². The largest absolute Gasteiger partial charge is 0.372 e. The summed E-state index contributed by atoms with van der Waals surface area (Å²) in [6.07, 6.45) is 10.3. The molecular weight excluding hydrogens is 244 g/mol. The first kappa shape index (κ1) is 13.7. The fourth-order valence-corrected chi connectivity index (χ4v) is 3.25. The first-order chi connectivity index (χ1) is 9.92. The van der Waals surface area contributed by atoms with Crippen LogP contribution in [0.15, 0.2) is 35.9 Å². The van der Waals surface area contributed by atoms with Gasteiger partial charge in [-0.15, -0.1) is 0 Å². The third kappa shape index (κ3) is 3.63. The number of hydrogen-bond acceptors (Lipinski definition) is 2. The minimum absolute atomic E-state index is 0.994. The fraction of sp³-hybridized carbons (Fsp3) is 0.556. The minimum Gasteiger partial charge on any atom is -0.372 e. The van der Waals surface area contributed by atoms with Gasteiger partial charge in [0.2, 0.25) is 0 Å². The lowest BCUT2D eigenvalue weighted by molar-refractivity contribution is 0.676. The Kier molecular flexibility index (Phi) is 4.75. The normalized spacial score (nSPS) is 18.6. The van der Waals surface area contributed by atoms with Crippen molar-refractivity contribution >= 4 is 5.69 Å². The van der Waals surface area contributed by atoms with Gasteiger partial charge in [0.15, 0.2) is 0 Å². The van der Waals surface area contributed by atoms with Crippen LogP contribution in [0.4, 0.5) is 5.69 Å². The Labute approximate surface area is 122 Å². The van der Waals surface area contributed by atoms with Gasteiger partial charge in [0.1, 0.15) is 0 Å². The van der Waals surface area contributed by atoms with E-state index in [9.17, 15) is 0 Å². The van der Waals surface area contributed by atoms with E-state index in [0.717, 1.165) is 13.1 Å². The first-order valence-electron chi connectivity index (χ1n) is 8.14. The lowest BCUT2D eigenvalue weighted by Gasteiger charge is -2.17. The molecule has 3 rings (SSSR count). The summed E-state index contributed by atoms with van der Waals surface area (Å²) in [6, 6.07) is 9.11. The van der Waals surface area contributed by atoms with Crippen LogP contribution in [0.25, 0.3) is 0 Å². The Morgan fingerprint density at radius 2 is 1.80 bits per heavy atom. The number of allylic oxidation sites excluding steroid dienone is 1. The average molecular weight is 270 g/mol. The summed E-state index contributed by atoms with van der Waals surface area (Å²) in [4.78, 5) is 2.49. The molecule has 1 fully saturated rings. The molecule has 2 nitrogen and oxygen atoms in total. The van der Waals surface area contributed by atoms with Crippen LogP contribution in [0, 0.1) is 0 Å². The van der Waals surface area contributed by atoms with Crippen molar-refractivity contribution in [3.8, 4) is 0 Å². The van der Waals surface area contributed by atoms with Crippen LogP contribution in [0.5, 0.6) is 0 Å². The van der Waals surface area contributed by atoms with Crippen LogP contribution in [-0.4, -0.2) is 19.6 Å². The SMILES string of the molecule is C1=C(CCNCc2ccc(N3CCCC3)cc2)CCC1. The van der Waals surface area contributed by atoms with Crippen molar-refractivity contribution in [2.45, 2.75) is 45.1 Å². The Hall–Kier alpha value is -1.28. The molecule has 1 aromatic rings. The van der Waals surface area contributed by atoms with Crippen molar-refractivity contribution in [3.05, 3.63) is 41.5 Å². The molecule has 0 amide bonds. The molecule has 1 heterocycles. The van der Waals surface area contributed by atoms with Crippen LogP contribution >= 0.6 is 0 Å². The second-order valence-electron chi connectivity index (χ2n) is 6.04. The molecule has 0 aromatic heterocycles. The molecule has 1 aliphatic heterocycles. The fourth-order valence-electron chi connectivity index (χ4n) is 3.25. The van der Waals surface area contributed by atoms with E-state index in [-0.39, 0.29) is 0 Å². The van der Waals surface area contributed by atoms with E-state index >= 15 is 0 Å². The molecule has 0 spiro atoms. The number of hydrogen-bond donors (Lipinski definition) is 1. The molecule has 0 bridgehead atoms. The van der Waals surface area contributed by atoms with Gasteiger partial charge < -0.3 is 10.2 Å². The maximum absolute atomic E-state index is 3.56. The highest BCUT2D eigenvalue weighted by molar-refractivity contribution is 5.48. The highest BCUT2D eigenvalue weighted by Gasteiger charge is 2.11. The third-order valence-corrected chi connectivity index (χ3v) is 4.49. The summed E-state index contributed by atoms with van der Waals surface area (Å²) in [5.74, 6) is 0. The van der Waals surface area contributed by atoms with Crippen molar-refractivity contribution in [2.75, 3.05) is 24.5 Å². The van der Waals surface area contributed by atoms with E-state index in [0.29, 0.717) is 0 Å². The van der Waals surface area contributed by atoms with E-state index in [1.54, 1.807) is 5.57 Å². The van der Waals surface area contributed by atoms with Crippen molar-refractivity contribution < 1.29 is 0 Å². The summed E-state index contributed by atoms with van der Waals surface area (Å²) < 4.78 is 0. The van der Waals surface area contributed by atoms with Crippen LogP contribution in [0.1, 0.15) is 44.1 Å². The van der Waals surface area contributed by atoms with Gasteiger partial charge in [-0.2, -0.15) is 0 Å². The molecule has 2 heteroatoms. The molecule has 108 valence electrons. The Morgan fingerprint density at radius 3 is 2.50 bits per heavy atom. The number of benzene rings is 1. The molecular formula is C18H26N2. The molecule has 0 saturated carbocycles. The van der Waals surface area contributed by atoms with Gasteiger partial charge in [0, 0.05) is 25.3 Å². The van der Waals surface area contributed by atoms with Gasteiger partial charge in [-0.1, -0.05) is 23.8 Å². The smallest absolute Gasteiger partial charge is 0.0366 e. The Morgan fingerprint density at radius 1 is 1.00 bits per heavy atom. The van der Waals surface area contributed by atoms with Gasteiger partial charge in [-0.05, 0) is 62.8 Å². The molecule has 20 heavy (non-hydrogen) atoms. The van der Waals surface area contributed by atoms with Gasteiger partial charge in [-0.25, -0.2) is 0 Å². The predicted octanol–water partition coefficient (Wildman–Crippen LogP) is 3.88. The van der Waals surface area contributed by atoms with Gasteiger partial charge >= 0.3 is 0 Å². The molecule has 0 radical (unpaired) electrons. The standard InChI is InChI=1S/C18H26N2/c1-2-6-16(5-1)11-12-19-15-17-7-9-18(10-8-17)20-13-3-4-14-20/h5,7-10,19H,1-4,6,11-15H2. The number of rotatable bonds is 6. The van der Waals surface area contributed by atoms with E-state index in [2.05, 4.69) is 40.6 Å². The number of anilines is 1. The molecule has 1 aliphatic carbocycles. The van der Waals surface area contributed by atoms with Crippen LogP contribution in [0.2, 0.25) is 0 Å². The second kappa shape index (κ2) is 6.94.